The van der Waals surface area contributed by atoms with E-state index in [2.05, 4.69) is 24.1 Å². The second-order valence-electron chi connectivity index (χ2n) is 5.02. The Balaban J connectivity index is 2.53. The zero-order valence-corrected chi connectivity index (χ0v) is 11.3. The van der Waals surface area contributed by atoms with Crippen molar-refractivity contribution in [3.05, 3.63) is 29.6 Å². The zero-order chi connectivity index (χ0) is 13.5. The van der Waals surface area contributed by atoms with Crippen LogP contribution in [0.2, 0.25) is 0 Å². The van der Waals surface area contributed by atoms with Gasteiger partial charge in [-0.1, -0.05) is 19.9 Å². The average Bonchev–Trinajstić information content (AvgIpc) is 2.30. The lowest BCUT2D eigenvalue weighted by atomic mass is 10.0. The quantitative estimate of drug-likeness (QED) is 0.803. The lowest BCUT2D eigenvalue weighted by molar-refractivity contribution is -0.121. The molecule has 1 atom stereocenters. The molecule has 1 aromatic rings. The number of hydrogen-bond acceptors (Lipinski definition) is 3. The summed E-state index contributed by atoms with van der Waals surface area (Å²) in [6.45, 7) is 6.05. The van der Waals surface area contributed by atoms with Gasteiger partial charge in [0.15, 0.2) is 0 Å². The van der Waals surface area contributed by atoms with Crippen molar-refractivity contribution in [2.45, 2.75) is 39.7 Å². The second-order valence-corrected chi connectivity index (χ2v) is 5.02. The smallest absolute Gasteiger partial charge is 0.226 e. The molecule has 100 valence electrons. The van der Waals surface area contributed by atoms with Gasteiger partial charge in [-0.05, 0) is 30.9 Å². The largest absolute Gasteiger partial charge is 0.394 e. The Morgan fingerprint density at radius 1 is 1.50 bits per heavy atom. The van der Waals surface area contributed by atoms with Gasteiger partial charge in [0.25, 0.3) is 0 Å². The Bertz CT molecular complexity index is 391. The summed E-state index contributed by atoms with van der Waals surface area (Å²) in [5, 5.41) is 12.1. The lowest BCUT2D eigenvalue weighted by Crippen LogP contribution is -2.39. The maximum Gasteiger partial charge on any atom is 0.226 e. The van der Waals surface area contributed by atoms with Crippen molar-refractivity contribution in [1.29, 1.82) is 0 Å². The van der Waals surface area contributed by atoms with Crippen LogP contribution < -0.4 is 5.32 Å². The highest BCUT2D eigenvalue weighted by molar-refractivity contribution is 5.78. The number of aryl methyl sites for hydroxylation is 1. The highest BCUT2D eigenvalue weighted by Gasteiger charge is 2.14. The standard InChI is InChI=1S/C14H22N2O2/c1-10(2)7-12(9-17)16-14(18)8-13-11(3)5-4-6-15-13/h4-6,10,12,17H,7-9H2,1-3H3,(H,16,18). The molecule has 0 bridgehead atoms. The molecule has 0 fully saturated rings. The molecule has 0 aliphatic heterocycles. The Kier molecular flexibility index (Phi) is 5.78. The topological polar surface area (TPSA) is 62.2 Å². The van der Waals surface area contributed by atoms with Crippen LogP contribution in [0.3, 0.4) is 0 Å². The summed E-state index contributed by atoms with van der Waals surface area (Å²) in [5.41, 5.74) is 1.80. The first-order chi connectivity index (χ1) is 8.52. The number of carbonyl (C=O) groups is 1. The third kappa shape index (κ3) is 4.84. The van der Waals surface area contributed by atoms with Crippen molar-refractivity contribution in [3.8, 4) is 0 Å². The van der Waals surface area contributed by atoms with Crippen LogP contribution >= 0.6 is 0 Å². The zero-order valence-electron chi connectivity index (χ0n) is 11.3. The molecular weight excluding hydrogens is 228 g/mol. The summed E-state index contributed by atoms with van der Waals surface area (Å²) in [4.78, 5) is 16.0. The molecule has 1 rings (SSSR count). The fourth-order valence-electron chi connectivity index (χ4n) is 1.88. The molecular formula is C14H22N2O2. The van der Waals surface area contributed by atoms with Gasteiger partial charge >= 0.3 is 0 Å². The van der Waals surface area contributed by atoms with E-state index in [9.17, 15) is 9.90 Å². The molecule has 1 heterocycles. The number of amides is 1. The van der Waals surface area contributed by atoms with Crippen LogP contribution in [0.5, 0.6) is 0 Å². The van der Waals surface area contributed by atoms with E-state index >= 15 is 0 Å². The molecule has 0 spiro atoms. The molecule has 1 unspecified atom stereocenters. The van der Waals surface area contributed by atoms with Crippen molar-refractivity contribution in [2.75, 3.05) is 6.61 Å². The van der Waals surface area contributed by atoms with Gasteiger partial charge in [-0.3, -0.25) is 9.78 Å². The van der Waals surface area contributed by atoms with Crippen molar-refractivity contribution < 1.29 is 9.90 Å². The number of aromatic nitrogens is 1. The molecule has 1 aromatic heterocycles. The fraction of sp³-hybridized carbons (Fsp3) is 0.571. The number of aliphatic hydroxyl groups is 1. The maximum absolute atomic E-state index is 11.9. The minimum absolute atomic E-state index is 0.0227. The summed E-state index contributed by atoms with van der Waals surface area (Å²) in [6.07, 6.45) is 2.73. The number of pyridine rings is 1. The van der Waals surface area contributed by atoms with Gasteiger partial charge in [0.1, 0.15) is 0 Å². The SMILES string of the molecule is Cc1cccnc1CC(=O)NC(CO)CC(C)C. The lowest BCUT2D eigenvalue weighted by Gasteiger charge is -2.18. The molecule has 18 heavy (non-hydrogen) atoms. The molecule has 0 aromatic carbocycles. The van der Waals surface area contributed by atoms with Crippen molar-refractivity contribution in [3.63, 3.8) is 0 Å². The summed E-state index contributed by atoms with van der Waals surface area (Å²) in [6, 6.07) is 3.63. The van der Waals surface area contributed by atoms with E-state index in [4.69, 9.17) is 0 Å². The summed E-state index contributed by atoms with van der Waals surface area (Å²) in [5.74, 6) is 0.357. The van der Waals surface area contributed by atoms with Gasteiger partial charge < -0.3 is 10.4 Å². The number of nitrogens with zero attached hydrogens (tertiary/aromatic N) is 1. The molecule has 0 radical (unpaired) electrons. The van der Waals surface area contributed by atoms with Crippen molar-refractivity contribution >= 4 is 5.91 Å². The van der Waals surface area contributed by atoms with E-state index in [0.717, 1.165) is 17.7 Å². The van der Waals surface area contributed by atoms with Gasteiger partial charge in [0.2, 0.25) is 5.91 Å². The number of hydrogen-bond donors (Lipinski definition) is 2. The van der Waals surface area contributed by atoms with E-state index in [-0.39, 0.29) is 25.0 Å². The number of carbonyl (C=O) groups excluding carboxylic acids is 1. The van der Waals surface area contributed by atoms with Gasteiger partial charge in [0.05, 0.1) is 24.8 Å². The van der Waals surface area contributed by atoms with Crippen LogP contribution in [0.15, 0.2) is 18.3 Å². The Hall–Kier alpha value is -1.42. The minimum Gasteiger partial charge on any atom is -0.394 e. The van der Waals surface area contributed by atoms with E-state index in [1.165, 1.54) is 0 Å². The molecule has 0 saturated heterocycles. The first-order valence-electron chi connectivity index (χ1n) is 6.33. The van der Waals surface area contributed by atoms with Gasteiger partial charge in [0, 0.05) is 6.20 Å². The van der Waals surface area contributed by atoms with Crippen LogP contribution in [-0.2, 0) is 11.2 Å². The van der Waals surface area contributed by atoms with Gasteiger partial charge in [-0.2, -0.15) is 0 Å². The number of rotatable bonds is 6. The molecule has 0 aliphatic rings. The van der Waals surface area contributed by atoms with Crippen LogP contribution in [0.1, 0.15) is 31.5 Å². The average molecular weight is 250 g/mol. The van der Waals surface area contributed by atoms with Crippen molar-refractivity contribution in [1.82, 2.24) is 10.3 Å². The normalized spacial score (nSPS) is 12.5. The predicted octanol–water partition coefficient (Wildman–Crippen LogP) is 1.46. The van der Waals surface area contributed by atoms with Crippen LogP contribution in [0.4, 0.5) is 0 Å². The summed E-state index contributed by atoms with van der Waals surface area (Å²) < 4.78 is 0. The molecule has 4 heteroatoms. The van der Waals surface area contributed by atoms with Gasteiger partial charge in [-0.25, -0.2) is 0 Å². The van der Waals surface area contributed by atoms with Crippen LogP contribution in [0.25, 0.3) is 0 Å². The van der Waals surface area contributed by atoms with Gasteiger partial charge in [-0.15, -0.1) is 0 Å². The highest BCUT2D eigenvalue weighted by atomic mass is 16.3. The third-order valence-corrected chi connectivity index (χ3v) is 2.79. The first kappa shape index (κ1) is 14.6. The maximum atomic E-state index is 11.9. The highest BCUT2D eigenvalue weighted by Crippen LogP contribution is 2.06. The molecule has 2 N–H and O–H groups in total. The Morgan fingerprint density at radius 3 is 2.78 bits per heavy atom. The molecule has 1 amide bonds. The second kappa shape index (κ2) is 7.11. The van der Waals surface area contributed by atoms with Crippen LogP contribution in [0, 0.1) is 12.8 Å². The third-order valence-electron chi connectivity index (χ3n) is 2.79. The predicted molar refractivity (Wildman–Crippen MR) is 71.1 cm³/mol. The molecule has 0 saturated carbocycles. The first-order valence-corrected chi connectivity index (χ1v) is 6.33. The summed E-state index contributed by atoms with van der Waals surface area (Å²) >= 11 is 0. The number of aliphatic hydroxyl groups excluding tert-OH is 1. The molecule has 4 nitrogen and oxygen atoms in total. The van der Waals surface area contributed by atoms with E-state index in [0.29, 0.717) is 5.92 Å². The summed E-state index contributed by atoms with van der Waals surface area (Å²) in [7, 11) is 0. The molecule has 0 aliphatic carbocycles. The monoisotopic (exact) mass is 250 g/mol. The Morgan fingerprint density at radius 2 is 2.22 bits per heavy atom. The van der Waals surface area contributed by atoms with E-state index in [1.54, 1.807) is 6.20 Å². The minimum atomic E-state index is -0.165. The van der Waals surface area contributed by atoms with E-state index < -0.39 is 0 Å². The number of nitrogens with one attached hydrogen (secondary N) is 1. The Labute approximate surface area is 108 Å². The van der Waals surface area contributed by atoms with Crippen LogP contribution in [-0.4, -0.2) is 28.6 Å². The van der Waals surface area contributed by atoms with Crippen molar-refractivity contribution in [2.24, 2.45) is 5.92 Å². The fourth-order valence-corrected chi connectivity index (χ4v) is 1.88. The van der Waals surface area contributed by atoms with E-state index in [1.807, 2.05) is 19.1 Å².